The summed E-state index contributed by atoms with van der Waals surface area (Å²) in [6.45, 7) is 2.36. The van der Waals surface area contributed by atoms with E-state index in [9.17, 15) is 8.42 Å². The van der Waals surface area contributed by atoms with Gasteiger partial charge in [-0.15, -0.1) is 0 Å². The van der Waals surface area contributed by atoms with Gasteiger partial charge in [-0.05, 0) is 62.8 Å². The number of ether oxygens (including phenoxy) is 1. The molecule has 1 aromatic carbocycles. The largest absolute Gasteiger partial charge is 0.399 e. The van der Waals surface area contributed by atoms with Crippen LogP contribution < -0.4 is 5.73 Å². The van der Waals surface area contributed by atoms with Crippen LogP contribution in [-0.4, -0.2) is 25.9 Å². The van der Waals surface area contributed by atoms with Crippen molar-refractivity contribution in [1.82, 2.24) is 0 Å². The molecule has 1 unspecified atom stereocenters. The third-order valence-electron chi connectivity index (χ3n) is 4.66. The second kappa shape index (κ2) is 4.74. The molecule has 3 rings (SSSR count). The van der Waals surface area contributed by atoms with Crippen molar-refractivity contribution in [2.75, 3.05) is 12.3 Å². The number of nitrogen functional groups attached to an aromatic ring is 1. The van der Waals surface area contributed by atoms with Gasteiger partial charge >= 0.3 is 0 Å². The molecule has 1 aliphatic carbocycles. The van der Waals surface area contributed by atoms with Gasteiger partial charge in [0.25, 0.3) is 0 Å². The fourth-order valence-electron chi connectivity index (χ4n) is 3.34. The number of aryl methyl sites for hydroxylation is 1. The average Bonchev–Trinajstić information content (AvgIpc) is 2.36. The van der Waals surface area contributed by atoms with E-state index in [2.05, 4.69) is 0 Å². The first kappa shape index (κ1) is 13.9. The van der Waals surface area contributed by atoms with Crippen LogP contribution in [0.25, 0.3) is 0 Å². The summed E-state index contributed by atoms with van der Waals surface area (Å²) in [7, 11) is -3.29. The number of anilines is 1. The summed E-state index contributed by atoms with van der Waals surface area (Å²) in [6, 6.07) is 5.03. The zero-order chi connectivity index (χ0) is 14.4. The normalized spacial score (nSPS) is 25.4. The molecule has 1 aromatic rings. The maximum atomic E-state index is 12.9. The third-order valence-corrected chi connectivity index (χ3v) is 7.01. The molecule has 0 bridgehead atoms. The van der Waals surface area contributed by atoms with Gasteiger partial charge in [-0.2, -0.15) is 0 Å². The zero-order valence-electron chi connectivity index (χ0n) is 11.8. The lowest BCUT2D eigenvalue weighted by Crippen LogP contribution is -2.49. The third kappa shape index (κ3) is 2.23. The number of rotatable bonds is 2. The molecule has 1 aliphatic heterocycles. The van der Waals surface area contributed by atoms with Crippen LogP contribution in [0.1, 0.15) is 37.7 Å². The summed E-state index contributed by atoms with van der Waals surface area (Å²) in [5.74, 6) is 0. The molecule has 1 heterocycles. The van der Waals surface area contributed by atoms with Crippen LogP contribution in [0.5, 0.6) is 0 Å². The molecule has 0 amide bonds. The van der Waals surface area contributed by atoms with E-state index in [4.69, 9.17) is 10.5 Å². The summed E-state index contributed by atoms with van der Waals surface area (Å²) in [5.41, 5.74) is 6.89. The Morgan fingerprint density at radius 3 is 2.70 bits per heavy atom. The van der Waals surface area contributed by atoms with Gasteiger partial charge in [0.05, 0.1) is 15.7 Å². The number of hydrogen-bond acceptors (Lipinski definition) is 4. The topological polar surface area (TPSA) is 69.4 Å². The highest BCUT2D eigenvalue weighted by atomic mass is 32.2. The highest BCUT2D eigenvalue weighted by Gasteiger charge is 2.46. The fraction of sp³-hybridized carbons (Fsp3) is 0.600. The Balaban J connectivity index is 1.91. The smallest absolute Gasteiger partial charge is 0.181 e. The molecular weight excluding hydrogens is 274 g/mol. The molecule has 0 aromatic heterocycles. The van der Waals surface area contributed by atoms with Crippen molar-refractivity contribution in [3.05, 3.63) is 23.8 Å². The van der Waals surface area contributed by atoms with Gasteiger partial charge in [0.15, 0.2) is 9.84 Å². The maximum Gasteiger partial charge on any atom is 0.181 e. The van der Waals surface area contributed by atoms with E-state index < -0.39 is 9.84 Å². The molecular formula is C15H21NO3S. The standard InChI is InChI=1S/C15H21NO3S/c1-11-9-12(16)3-4-14(11)20(17,18)13-5-8-19-15(10-13)6-2-7-15/h3-4,9,13H,2,5-8,10,16H2,1H3. The van der Waals surface area contributed by atoms with Gasteiger partial charge in [-0.1, -0.05) is 0 Å². The predicted octanol–water partition coefficient (Wildman–Crippen LogP) is 2.45. The van der Waals surface area contributed by atoms with Gasteiger partial charge in [-0.3, -0.25) is 0 Å². The predicted molar refractivity (Wildman–Crippen MR) is 78.3 cm³/mol. The van der Waals surface area contributed by atoms with Crippen molar-refractivity contribution in [3.8, 4) is 0 Å². The highest BCUT2D eigenvalue weighted by molar-refractivity contribution is 7.92. The van der Waals surface area contributed by atoms with Crippen LogP contribution >= 0.6 is 0 Å². The summed E-state index contributed by atoms with van der Waals surface area (Å²) in [4.78, 5) is 0.424. The first-order valence-corrected chi connectivity index (χ1v) is 8.72. The van der Waals surface area contributed by atoms with E-state index in [1.54, 1.807) is 18.2 Å². The summed E-state index contributed by atoms with van der Waals surface area (Å²) >= 11 is 0. The van der Waals surface area contributed by atoms with Crippen molar-refractivity contribution in [1.29, 1.82) is 0 Å². The lowest BCUT2D eigenvalue weighted by molar-refractivity contribution is -0.125. The maximum absolute atomic E-state index is 12.9. The van der Waals surface area contributed by atoms with Crippen LogP contribution in [-0.2, 0) is 14.6 Å². The van der Waals surface area contributed by atoms with Gasteiger partial charge in [0.1, 0.15) is 0 Å². The van der Waals surface area contributed by atoms with E-state index in [0.29, 0.717) is 30.0 Å². The fourth-order valence-corrected chi connectivity index (χ4v) is 5.39. The van der Waals surface area contributed by atoms with Crippen molar-refractivity contribution in [3.63, 3.8) is 0 Å². The Bertz CT molecular complexity index is 620. The quantitative estimate of drug-likeness (QED) is 0.851. The van der Waals surface area contributed by atoms with Crippen molar-refractivity contribution < 1.29 is 13.2 Å². The summed E-state index contributed by atoms with van der Waals surface area (Å²) < 4.78 is 31.5. The Morgan fingerprint density at radius 1 is 1.35 bits per heavy atom. The Kier molecular flexibility index (Phi) is 3.29. The molecule has 1 atom stereocenters. The lowest BCUT2D eigenvalue weighted by atomic mass is 9.75. The van der Waals surface area contributed by atoms with Gasteiger partial charge in [0, 0.05) is 12.3 Å². The minimum Gasteiger partial charge on any atom is -0.399 e. The van der Waals surface area contributed by atoms with Gasteiger partial charge < -0.3 is 10.5 Å². The first-order valence-electron chi connectivity index (χ1n) is 7.17. The minimum absolute atomic E-state index is 0.155. The van der Waals surface area contributed by atoms with E-state index in [-0.39, 0.29) is 10.9 Å². The van der Waals surface area contributed by atoms with Crippen LogP contribution in [0.15, 0.2) is 23.1 Å². The molecule has 1 saturated heterocycles. The lowest BCUT2D eigenvalue weighted by Gasteiger charge is -2.46. The van der Waals surface area contributed by atoms with Crippen molar-refractivity contribution in [2.45, 2.75) is 54.8 Å². The van der Waals surface area contributed by atoms with Crippen LogP contribution in [0, 0.1) is 6.92 Å². The average molecular weight is 295 g/mol. The number of benzene rings is 1. The monoisotopic (exact) mass is 295 g/mol. The van der Waals surface area contributed by atoms with E-state index in [0.717, 1.165) is 24.8 Å². The molecule has 2 fully saturated rings. The van der Waals surface area contributed by atoms with Gasteiger partial charge in [0.2, 0.25) is 0 Å². The van der Waals surface area contributed by atoms with Gasteiger partial charge in [-0.25, -0.2) is 8.42 Å². The molecule has 20 heavy (non-hydrogen) atoms. The summed E-state index contributed by atoms with van der Waals surface area (Å²) in [6.07, 6.45) is 4.38. The van der Waals surface area contributed by atoms with E-state index >= 15 is 0 Å². The van der Waals surface area contributed by atoms with Crippen LogP contribution in [0.2, 0.25) is 0 Å². The number of sulfone groups is 1. The highest BCUT2D eigenvalue weighted by Crippen LogP contribution is 2.44. The first-order chi connectivity index (χ1) is 9.43. The van der Waals surface area contributed by atoms with Crippen molar-refractivity contribution >= 4 is 15.5 Å². The number of nitrogens with two attached hydrogens (primary N) is 1. The van der Waals surface area contributed by atoms with Crippen LogP contribution in [0.4, 0.5) is 5.69 Å². The SMILES string of the molecule is Cc1cc(N)ccc1S(=O)(=O)C1CCOC2(CCC2)C1. The second-order valence-corrected chi connectivity index (χ2v) is 8.27. The number of hydrogen-bond donors (Lipinski definition) is 1. The Hall–Kier alpha value is -1.07. The minimum atomic E-state index is -3.29. The zero-order valence-corrected chi connectivity index (χ0v) is 12.6. The molecule has 1 saturated carbocycles. The molecule has 4 nitrogen and oxygen atoms in total. The molecule has 5 heteroatoms. The van der Waals surface area contributed by atoms with E-state index in [1.165, 1.54) is 0 Å². The summed E-state index contributed by atoms with van der Waals surface area (Å²) in [5, 5.41) is -0.320. The Labute approximate surface area is 120 Å². The molecule has 2 N–H and O–H groups in total. The second-order valence-electron chi connectivity index (χ2n) is 6.07. The molecule has 110 valence electrons. The van der Waals surface area contributed by atoms with Crippen molar-refractivity contribution in [2.24, 2.45) is 0 Å². The molecule has 2 aliphatic rings. The molecule has 0 radical (unpaired) electrons. The Morgan fingerprint density at radius 2 is 2.10 bits per heavy atom. The van der Waals surface area contributed by atoms with E-state index in [1.807, 2.05) is 6.92 Å². The molecule has 1 spiro atoms. The van der Waals surface area contributed by atoms with Crippen LogP contribution in [0.3, 0.4) is 0 Å².